The lowest BCUT2D eigenvalue weighted by atomic mass is 10.2. The van der Waals surface area contributed by atoms with Crippen molar-refractivity contribution in [2.75, 3.05) is 5.32 Å². The maximum atomic E-state index is 5.82. The Labute approximate surface area is 157 Å². The molecule has 4 heterocycles. The number of hydrogen-bond donors (Lipinski definition) is 1. The summed E-state index contributed by atoms with van der Waals surface area (Å²) in [5.41, 5.74) is 1.66. The van der Waals surface area contributed by atoms with Gasteiger partial charge in [0, 0.05) is 23.8 Å². The van der Waals surface area contributed by atoms with Crippen LogP contribution in [0.2, 0.25) is 0 Å². The van der Waals surface area contributed by atoms with Crippen molar-refractivity contribution in [3.05, 3.63) is 67.3 Å². The number of nitrogens with zero attached hydrogens (tertiary/aromatic N) is 5. The fourth-order valence-corrected chi connectivity index (χ4v) is 3.46. The summed E-state index contributed by atoms with van der Waals surface area (Å²) in [6.07, 6.45) is 4.97. The van der Waals surface area contributed by atoms with Crippen LogP contribution in [0.3, 0.4) is 0 Å². The molecule has 0 saturated carbocycles. The van der Waals surface area contributed by atoms with Gasteiger partial charge in [0.25, 0.3) is 0 Å². The van der Waals surface area contributed by atoms with Gasteiger partial charge in [-0.3, -0.25) is 0 Å². The van der Waals surface area contributed by atoms with Gasteiger partial charge in [0.1, 0.15) is 28.2 Å². The molecule has 27 heavy (non-hydrogen) atoms. The summed E-state index contributed by atoms with van der Waals surface area (Å²) in [5, 5.41) is 4.83. The zero-order valence-corrected chi connectivity index (χ0v) is 14.7. The molecule has 0 fully saturated rings. The van der Waals surface area contributed by atoms with Gasteiger partial charge in [-0.1, -0.05) is 17.4 Å². The van der Waals surface area contributed by atoms with Gasteiger partial charge in [0.05, 0.1) is 5.52 Å². The molecule has 0 spiro atoms. The van der Waals surface area contributed by atoms with Crippen molar-refractivity contribution in [1.29, 1.82) is 0 Å². The number of nitrogens with one attached hydrogen (secondary N) is 1. The summed E-state index contributed by atoms with van der Waals surface area (Å²) in [5.74, 6) is 1.84. The quantitative estimate of drug-likeness (QED) is 0.495. The number of anilines is 2. The van der Waals surface area contributed by atoms with E-state index in [-0.39, 0.29) is 0 Å². The standard InChI is InChI=1S/C19H12N6OS/c1-2-8-20-16(5-1)26-12-6-7-14-13(10-12)17(23-11-22-14)25-19-24-15-4-3-9-21-18(15)27-19/h1-11H,(H,22,23,24,25). The summed E-state index contributed by atoms with van der Waals surface area (Å²) in [6, 6.07) is 15.0. The predicted octanol–water partition coefficient (Wildman–Crippen LogP) is 4.57. The van der Waals surface area contributed by atoms with Crippen LogP contribution in [0, 0.1) is 0 Å². The number of thiazole rings is 1. The van der Waals surface area contributed by atoms with Crippen LogP contribution >= 0.6 is 11.3 Å². The molecule has 5 rings (SSSR count). The summed E-state index contributed by atoms with van der Waals surface area (Å²) in [4.78, 5) is 22.6. The van der Waals surface area contributed by atoms with E-state index in [0.29, 0.717) is 17.4 Å². The second kappa shape index (κ2) is 6.58. The van der Waals surface area contributed by atoms with Gasteiger partial charge in [-0.25, -0.2) is 24.9 Å². The van der Waals surface area contributed by atoms with Crippen molar-refractivity contribution in [3.63, 3.8) is 0 Å². The Balaban J connectivity index is 1.52. The zero-order chi connectivity index (χ0) is 18.1. The number of aromatic nitrogens is 5. The molecule has 130 valence electrons. The Morgan fingerprint density at radius 2 is 1.81 bits per heavy atom. The van der Waals surface area contributed by atoms with Crippen molar-refractivity contribution in [2.45, 2.75) is 0 Å². The van der Waals surface area contributed by atoms with Gasteiger partial charge in [-0.15, -0.1) is 0 Å². The Kier molecular flexibility index (Phi) is 3.80. The van der Waals surface area contributed by atoms with Crippen LogP contribution in [0.1, 0.15) is 0 Å². The molecule has 0 aliphatic rings. The lowest BCUT2D eigenvalue weighted by Gasteiger charge is -2.08. The molecule has 0 bridgehead atoms. The van der Waals surface area contributed by atoms with Crippen LogP contribution in [0.15, 0.2) is 67.3 Å². The second-order valence-electron chi connectivity index (χ2n) is 5.64. The fourth-order valence-electron chi connectivity index (χ4n) is 2.65. The van der Waals surface area contributed by atoms with Crippen molar-refractivity contribution < 1.29 is 4.74 Å². The summed E-state index contributed by atoms with van der Waals surface area (Å²) in [6.45, 7) is 0. The van der Waals surface area contributed by atoms with Gasteiger partial charge in [-0.05, 0) is 36.4 Å². The summed E-state index contributed by atoms with van der Waals surface area (Å²) in [7, 11) is 0. The van der Waals surface area contributed by atoms with E-state index in [0.717, 1.165) is 26.4 Å². The molecule has 5 aromatic rings. The molecule has 1 N–H and O–H groups in total. The van der Waals surface area contributed by atoms with Crippen LogP contribution in [0.5, 0.6) is 11.6 Å². The molecule has 7 nitrogen and oxygen atoms in total. The van der Waals surface area contributed by atoms with Crippen LogP contribution in [-0.4, -0.2) is 24.9 Å². The largest absolute Gasteiger partial charge is 0.439 e. The van der Waals surface area contributed by atoms with Gasteiger partial charge in [0.15, 0.2) is 5.13 Å². The maximum absolute atomic E-state index is 5.82. The van der Waals surface area contributed by atoms with Crippen LogP contribution in [0.25, 0.3) is 21.3 Å². The van der Waals surface area contributed by atoms with Crippen molar-refractivity contribution >= 4 is 43.5 Å². The molecular weight excluding hydrogens is 360 g/mol. The molecule has 0 unspecified atom stereocenters. The average Bonchev–Trinajstić information content (AvgIpc) is 3.12. The van der Waals surface area contributed by atoms with E-state index in [2.05, 4.69) is 30.2 Å². The first kappa shape index (κ1) is 15.6. The maximum Gasteiger partial charge on any atom is 0.219 e. The monoisotopic (exact) mass is 372 g/mol. The highest BCUT2D eigenvalue weighted by Crippen LogP contribution is 2.31. The number of benzene rings is 1. The van der Waals surface area contributed by atoms with Gasteiger partial charge in [-0.2, -0.15) is 0 Å². The van der Waals surface area contributed by atoms with Crippen molar-refractivity contribution in [3.8, 4) is 11.6 Å². The second-order valence-corrected chi connectivity index (χ2v) is 6.62. The van der Waals surface area contributed by atoms with Crippen molar-refractivity contribution in [1.82, 2.24) is 24.9 Å². The normalized spacial score (nSPS) is 11.0. The highest BCUT2D eigenvalue weighted by molar-refractivity contribution is 7.21. The lowest BCUT2D eigenvalue weighted by Crippen LogP contribution is -1.96. The third-order valence-electron chi connectivity index (χ3n) is 3.86. The minimum Gasteiger partial charge on any atom is -0.439 e. The van der Waals surface area contributed by atoms with E-state index in [1.54, 1.807) is 18.5 Å². The van der Waals surface area contributed by atoms with Gasteiger partial charge >= 0.3 is 0 Å². The molecule has 1 aromatic carbocycles. The Hall–Kier alpha value is -3.65. The van der Waals surface area contributed by atoms with Gasteiger partial charge < -0.3 is 10.1 Å². The minimum atomic E-state index is 0.528. The molecule has 0 radical (unpaired) electrons. The molecular formula is C19H12N6OS. The lowest BCUT2D eigenvalue weighted by molar-refractivity contribution is 0.463. The topological polar surface area (TPSA) is 85.7 Å². The van der Waals surface area contributed by atoms with Gasteiger partial charge in [0.2, 0.25) is 5.88 Å². The number of fused-ring (bicyclic) bond motifs is 2. The third kappa shape index (κ3) is 3.13. The first-order valence-corrected chi connectivity index (χ1v) is 8.99. The molecule has 0 amide bonds. The summed E-state index contributed by atoms with van der Waals surface area (Å²) < 4.78 is 5.82. The molecule has 0 atom stereocenters. The molecule has 0 saturated heterocycles. The number of ether oxygens (including phenoxy) is 1. The van der Waals surface area contributed by atoms with Crippen LogP contribution in [0.4, 0.5) is 10.9 Å². The van der Waals surface area contributed by atoms with Crippen LogP contribution in [-0.2, 0) is 0 Å². The number of rotatable bonds is 4. The zero-order valence-electron chi connectivity index (χ0n) is 13.9. The minimum absolute atomic E-state index is 0.528. The number of pyridine rings is 2. The first-order chi connectivity index (χ1) is 13.3. The van der Waals surface area contributed by atoms with Crippen LogP contribution < -0.4 is 10.1 Å². The number of hydrogen-bond acceptors (Lipinski definition) is 8. The van der Waals surface area contributed by atoms with E-state index in [1.807, 2.05) is 42.5 Å². The Bertz CT molecular complexity index is 1210. The Morgan fingerprint density at radius 1 is 0.852 bits per heavy atom. The average molecular weight is 372 g/mol. The smallest absolute Gasteiger partial charge is 0.219 e. The first-order valence-electron chi connectivity index (χ1n) is 8.17. The molecule has 0 aliphatic heterocycles. The third-order valence-corrected chi connectivity index (χ3v) is 4.75. The highest BCUT2D eigenvalue weighted by Gasteiger charge is 2.10. The predicted molar refractivity (Wildman–Crippen MR) is 105 cm³/mol. The van der Waals surface area contributed by atoms with E-state index in [9.17, 15) is 0 Å². The molecule has 4 aromatic heterocycles. The fraction of sp³-hybridized carbons (Fsp3) is 0. The van der Waals surface area contributed by atoms with E-state index in [4.69, 9.17) is 4.74 Å². The highest BCUT2D eigenvalue weighted by atomic mass is 32.1. The van der Waals surface area contributed by atoms with E-state index in [1.165, 1.54) is 17.7 Å². The molecule has 0 aliphatic carbocycles. The molecule has 8 heteroatoms. The van der Waals surface area contributed by atoms with E-state index >= 15 is 0 Å². The Morgan fingerprint density at radius 3 is 2.70 bits per heavy atom. The van der Waals surface area contributed by atoms with Crippen molar-refractivity contribution in [2.24, 2.45) is 0 Å². The van der Waals surface area contributed by atoms with E-state index < -0.39 is 0 Å². The summed E-state index contributed by atoms with van der Waals surface area (Å²) >= 11 is 1.47. The SMILES string of the molecule is c1ccc(Oc2ccc3ncnc(Nc4nc5cccnc5s4)c3c2)nc1.